The number of benzene rings is 1. The minimum Gasteiger partial charge on any atom is -0.356 e. The third-order valence-electron chi connectivity index (χ3n) is 4.03. The van der Waals surface area contributed by atoms with Gasteiger partial charge in [0.1, 0.15) is 0 Å². The number of hydrogen-bond acceptors (Lipinski definition) is 5. The number of nitrogens with one attached hydrogen (secondary N) is 2. The van der Waals surface area contributed by atoms with Crippen molar-refractivity contribution < 1.29 is 18.1 Å². The third kappa shape index (κ3) is 7.68. The molecule has 0 spiro atoms. The van der Waals surface area contributed by atoms with Gasteiger partial charge in [-0.1, -0.05) is 12.1 Å². The Hall–Kier alpha value is -2.69. The minimum atomic E-state index is -4.41. The van der Waals surface area contributed by atoms with E-state index in [0.717, 1.165) is 41.5 Å². The SMILES string of the molecule is CN=C(NCCCCc1ccc([N+](=O)[O-])cc1)NCCc1nc(C(F)(F)F)cs1. The van der Waals surface area contributed by atoms with Gasteiger partial charge in [0.25, 0.3) is 5.69 Å². The molecule has 0 saturated heterocycles. The molecule has 11 heteroatoms. The average molecular weight is 429 g/mol. The number of guanidine groups is 1. The zero-order valence-electron chi connectivity index (χ0n) is 15.8. The lowest BCUT2D eigenvalue weighted by molar-refractivity contribution is -0.384. The predicted octanol–water partition coefficient (Wildman–Crippen LogP) is 3.80. The molecule has 1 heterocycles. The van der Waals surface area contributed by atoms with Crippen LogP contribution in [0.2, 0.25) is 0 Å². The predicted molar refractivity (Wildman–Crippen MR) is 106 cm³/mol. The molecule has 2 rings (SSSR count). The van der Waals surface area contributed by atoms with Crippen LogP contribution in [0.1, 0.15) is 29.1 Å². The number of hydrogen-bond donors (Lipinski definition) is 2. The van der Waals surface area contributed by atoms with Crippen molar-refractivity contribution in [3.05, 3.63) is 56.0 Å². The normalized spacial score (nSPS) is 12.1. The number of nitrogens with zero attached hydrogens (tertiary/aromatic N) is 3. The monoisotopic (exact) mass is 429 g/mol. The van der Waals surface area contributed by atoms with Crippen LogP contribution in [0.4, 0.5) is 18.9 Å². The van der Waals surface area contributed by atoms with Crippen LogP contribution in [0.15, 0.2) is 34.6 Å². The number of nitro groups is 1. The molecule has 0 bridgehead atoms. The van der Waals surface area contributed by atoms with Gasteiger partial charge in [0.2, 0.25) is 0 Å². The molecule has 2 N–H and O–H groups in total. The van der Waals surface area contributed by atoms with Crippen LogP contribution in [-0.4, -0.2) is 36.0 Å². The molecule has 29 heavy (non-hydrogen) atoms. The van der Waals surface area contributed by atoms with Gasteiger partial charge in [0, 0.05) is 44.1 Å². The van der Waals surface area contributed by atoms with E-state index in [1.165, 1.54) is 12.1 Å². The smallest absolute Gasteiger partial charge is 0.356 e. The molecule has 0 aliphatic heterocycles. The van der Waals surface area contributed by atoms with Gasteiger partial charge in [0.05, 0.1) is 9.93 Å². The quantitative estimate of drug-likeness (QED) is 0.208. The van der Waals surface area contributed by atoms with Crippen LogP contribution in [0, 0.1) is 10.1 Å². The molecule has 0 atom stereocenters. The highest BCUT2D eigenvalue weighted by Gasteiger charge is 2.33. The fraction of sp³-hybridized carbons (Fsp3) is 0.444. The highest BCUT2D eigenvalue weighted by molar-refractivity contribution is 7.09. The van der Waals surface area contributed by atoms with Gasteiger partial charge in [-0.3, -0.25) is 15.1 Å². The van der Waals surface area contributed by atoms with Gasteiger partial charge in [-0.15, -0.1) is 11.3 Å². The lowest BCUT2D eigenvalue weighted by Gasteiger charge is -2.11. The Morgan fingerprint density at radius 3 is 2.45 bits per heavy atom. The second-order valence-electron chi connectivity index (χ2n) is 6.18. The number of aromatic nitrogens is 1. The first-order chi connectivity index (χ1) is 13.8. The summed E-state index contributed by atoms with van der Waals surface area (Å²) in [6.07, 6.45) is -1.44. The summed E-state index contributed by atoms with van der Waals surface area (Å²) in [6, 6.07) is 6.52. The number of alkyl halides is 3. The molecular weight excluding hydrogens is 407 g/mol. The van der Waals surface area contributed by atoms with E-state index in [9.17, 15) is 23.3 Å². The van der Waals surface area contributed by atoms with E-state index in [-0.39, 0.29) is 5.69 Å². The van der Waals surface area contributed by atoms with Crippen molar-refractivity contribution in [2.75, 3.05) is 20.1 Å². The van der Waals surface area contributed by atoms with Crippen molar-refractivity contribution in [3.63, 3.8) is 0 Å². The molecule has 158 valence electrons. The molecule has 0 aliphatic carbocycles. The first-order valence-corrected chi connectivity index (χ1v) is 9.87. The molecule has 0 saturated carbocycles. The Kier molecular flexibility index (Phi) is 8.37. The first-order valence-electron chi connectivity index (χ1n) is 8.99. The van der Waals surface area contributed by atoms with Gasteiger partial charge in [0.15, 0.2) is 11.7 Å². The van der Waals surface area contributed by atoms with Crippen molar-refractivity contribution in [1.29, 1.82) is 0 Å². The highest BCUT2D eigenvalue weighted by Crippen LogP contribution is 2.30. The Morgan fingerprint density at radius 1 is 1.17 bits per heavy atom. The summed E-state index contributed by atoms with van der Waals surface area (Å²) in [6.45, 7) is 1.11. The molecular formula is C18H22F3N5O2S. The first kappa shape index (κ1) is 22.6. The van der Waals surface area contributed by atoms with Crippen LogP contribution >= 0.6 is 11.3 Å². The number of aryl methyl sites for hydroxylation is 1. The Labute approximate surface area is 170 Å². The van der Waals surface area contributed by atoms with Crippen LogP contribution in [0.3, 0.4) is 0 Å². The zero-order chi connectivity index (χ0) is 21.3. The third-order valence-corrected chi connectivity index (χ3v) is 4.94. The zero-order valence-corrected chi connectivity index (χ0v) is 16.6. The molecule has 7 nitrogen and oxygen atoms in total. The number of halogens is 3. The average Bonchev–Trinajstić information content (AvgIpc) is 3.16. The fourth-order valence-electron chi connectivity index (χ4n) is 2.51. The van der Waals surface area contributed by atoms with E-state index in [2.05, 4.69) is 20.6 Å². The molecule has 1 aromatic carbocycles. The van der Waals surface area contributed by atoms with Gasteiger partial charge in [-0.25, -0.2) is 4.98 Å². The largest absolute Gasteiger partial charge is 0.434 e. The summed E-state index contributed by atoms with van der Waals surface area (Å²) in [5.74, 6) is 0.577. The van der Waals surface area contributed by atoms with Crippen molar-refractivity contribution in [1.82, 2.24) is 15.6 Å². The van der Waals surface area contributed by atoms with Gasteiger partial charge < -0.3 is 10.6 Å². The maximum Gasteiger partial charge on any atom is 0.434 e. The second-order valence-corrected chi connectivity index (χ2v) is 7.12. The van der Waals surface area contributed by atoms with Crippen LogP contribution in [-0.2, 0) is 19.0 Å². The van der Waals surface area contributed by atoms with Crippen LogP contribution in [0.25, 0.3) is 0 Å². The van der Waals surface area contributed by atoms with Crippen molar-refractivity contribution in [3.8, 4) is 0 Å². The van der Waals surface area contributed by atoms with Crippen molar-refractivity contribution >= 4 is 23.0 Å². The fourth-order valence-corrected chi connectivity index (χ4v) is 3.31. The van der Waals surface area contributed by atoms with E-state index in [1.807, 2.05) is 0 Å². The summed E-state index contributed by atoms with van der Waals surface area (Å²) in [5, 5.41) is 18.3. The Balaban J connectivity index is 1.62. The number of non-ortho nitro benzene ring substituents is 1. The number of aliphatic imine (C=N–C) groups is 1. The lowest BCUT2D eigenvalue weighted by atomic mass is 10.1. The van der Waals surface area contributed by atoms with Crippen molar-refractivity contribution in [2.45, 2.75) is 31.9 Å². The van der Waals surface area contributed by atoms with E-state index in [0.29, 0.717) is 30.5 Å². The van der Waals surface area contributed by atoms with Crippen LogP contribution in [0.5, 0.6) is 0 Å². The van der Waals surface area contributed by atoms with Gasteiger partial charge >= 0.3 is 6.18 Å². The molecule has 0 aliphatic rings. The molecule has 0 fully saturated rings. The van der Waals surface area contributed by atoms with E-state index < -0.39 is 16.8 Å². The second kappa shape index (κ2) is 10.7. The summed E-state index contributed by atoms with van der Waals surface area (Å²) in [7, 11) is 1.62. The summed E-state index contributed by atoms with van der Waals surface area (Å²) < 4.78 is 37.6. The van der Waals surface area contributed by atoms with Crippen molar-refractivity contribution in [2.24, 2.45) is 4.99 Å². The summed E-state index contributed by atoms with van der Waals surface area (Å²) in [4.78, 5) is 17.9. The van der Waals surface area contributed by atoms with Gasteiger partial charge in [-0.05, 0) is 24.8 Å². The highest BCUT2D eigenvalue weighted by atomic mass is 32.1. The summed E-state index contributed by atoms with van der Waals surface area (Å²) >= 11 is 0.992. The Morgan fingerprint density at radius 2 is 1.86 bits per heavy atom. The number of unbranched alkanes of at least 4 members (excludes halogenated alkanes) is 1. The molecule has 0 radical (unpaired) electrons. The van der Waals surface area contributed by atoms with Gasteiger partial charge in [-0.2, -0.15) is 13.2 Å². The summed E-state index contributed by atoms with van der Waals surface area (Å²) in [5.41, 5.74) is 0.269. The standard InChI is InChI=1S/C18H22F3N5O2S/c1-22-17(24-11-9-16-25-15(12-29-16)18(19,20)21)23-10-3-2-4-13-5-7-14(8-6-13)26(27)28/h5-8,12H,2-4,9-11H2,1H3,(H2,22,23,24). The van der Waals surface area contributed by atoms with Crippen LogP contribution < -0.4 is 10.6 Å². The topological polar surface area (TPSA) is 92.5 Å². The number of rotatable bonds is 9. The molecule has 2 aromatic rings. The molecule has 0 amide bonds. The van der Waals surface area contributed by atoms with E-state index >= 15 is 0 Å². The minimum absolute atomic E-state index is 0.0812. The maximum absolute atomic E-state index is 12.5. The molecule has 0 unspecified atom stereocenters. The number of thiazole rings is 1. The molecule has 1 aromatic heterocycles. The van der Waals surface area contributed by atoms with E-state index in [4.69, 9.17) is 0 Å². The van der Waals surface area contributed by atoms with E-state index in [1.54, 1.807) is 19.2 Å². The Bertz CT molecular complexity index is 822. The maximum atomic E-state index is 12.5. The number of nitro benzene ring substituents is 1. The lowest BCUT2D eigenvalue weighted by Crippen LogP contribution is -2.38.